The van der Waals surface area contributed by atoms with Gasteiger partial charge in [0.05, 0.1) is 5.56 Å². The van der Waals surface area contributed by atoms with Crippen LogP contribution in [0.1, 0.15) is 5.56 Å². The van der Waals surface area contributed by atoms with Crippen molar-refractivity contribution in [1.29, 1.82) is 0 Å². The number of hydrogen-bond donors (Lipinski definition) is 0. The molecule has 0 saturated carbocycles. The molecular weight excluding hydrogens is 231 g/mol. The molecule has 1 heterocycles. The van der Waals surface area contributed by atoms with Gasteiger partial charge in [0.25, 0.3) is 0 Å². The van der Waals surface area contributed by atoms with Crippen LogP contribution >= 0.6 is 15.9 Å². The minimum absolute atomic E-state index is 0.0255. The number of pyridine rings is 1. The van der Waals surface area contributed by atoms with Gasteiger partial charge in [0.2, 0.25) is 0 Å². The van der Waals surface area contributed by atoms with E-state index >= 15 is 0 Å². The molecule has 64 valence electrons. The average Bonchev–Trinajstić information content (AvgIpc) is 2.03. The Kier molecular flexibility index (Phi) is 2.69. The Morgan fingerprint density at radius 2 is 2.42 bits per heavy atom. The number of alkyl halides is 1. The third kappa shape index (κ3) is 1.58. The van der Waals surface area contributed by atoms with E-state index < -0.39 is 17.4 Å². The SMILES string of the molecule is O=[N+]([O-])c1nccc(Br)c1CF. The van der Waals surface area contributed by atoms with Crippen LogP contribution < -0.4 is 0 Å². The highest BCUT2D eigenvalue weighted by molar-refractivity contribution is 9.10. The second-order valence-electron chi connectivity index (χ2n) is 1.99. The quantitative estimate of drug-likeness (QED) is 0.583. The van der Waals surface area contributed by atoms with Crippen molar-refractivity contribution in [3.8, 4) is 0 Å². The summed E-state index contributed by atoms with van der Waals surface area (Å²) in [4.78, 5) is 13.0. The maximum Gasteiger partial charge on any atom is 0.370 e. The molecular formula is C6H4BrFN2O2. The van der Waals surface area contributed by atoms with Gasteiger partial charge in [-0.05, 0) is 31.9 Å². The molecule has 0 saturated heterocycles. The summed E-state index contributed by atoms with van der Waals surface area (Å²) in [5.41, 5.74) is -0.0255. The van der Waals surface area contributed by atoms with Gasteiger partial charge < -0.3 is 10.1 Å². The minimum atomic E-state index is -0.898. The van der Waals surface area contributed by atoms with Gasteiger partial charge in [-0.3, -0.25) is 0 Å². The number of nitro groups is 1. The topological polar surface area (TPSA) is 56.0 Å². The van der Waals surface area contributed by atoms with Crippen LogP contribution in [-0.4, -0.2) is 9.91 Å². The third-order valence-electron chi connectivity index (χ3n) is 1.28. The van der Waals surface area contributed by atoms with E-state index in [0.29, 0.717) is 4.47 Å². The Labute approximate surface area is 75.7 Å². The van der Waals surface area contributed by atoms with E-state index in [2.05, 4.69) is 20.9 Å². The molecule has 0 atom stereocenters. The lowest BCUT2D eigenvalue weighted by molar-refractivity contribution is -0.390. The summed E-state index contributed by atoms with van der Waals surface area (Å²) in [6.07, 6.45) is 1.25. The highest BCUT2D eigenvalue weighted by Gasteiger charge is 2.17. The van der Waals surface area contributed by atoms with Crippen molar-refractivity contribution >= 4 is 21.7 Å². The summed E-state index contributed by atoms with van der Waals surface area (Å²) in [5, 5.41) is 10.3. The first-order chi connectivity index (χ1) is 5.66. The zero-order chi connectivity index (χ0) is 9.14. The fraction of sp³-hybridized carbons (Fsp3) is 0.167. The van der Waals surface area contributed by atoms with Gasteiger partial charge >= 0.3 is 5.82 Å². The first-order valence-corrected chi connectivity index (χ1v) is 3.80. The van der Waals surface area contributed by atoms with Crippen LogP contribution in [0.4, 0.5) is 10.2 Å². The smallest absolute Gasteiger partial charge is 0.358 e. The molecule has 6 heteroatoms. The molecule has 1 aromatic rings. The van der Waals surface area contributed by atoms with Crippen molar-refractivity contribution in [3.63, 3.8) is 0 Å². The van der Waals surface area contributed by atoms with E-state index in [9.17, 15) is 14.5 Å². The molecule has 0 aliphatic rings. The van der Waals surface area contributed by atoms with Gasteiger partial charge in [-0.15, -0.1) is 0 Å². The molecule has 0 radical (unpaired) electrons. The maximum atomic E-state index is 12.2. The number of halogens is 2. The fourth-order valence-electron chi connectivity index (χ4n) is 0.740. The Hall–Kier alpha value is -1.04. The number of rotatable bonds is 2. The lowest BCUT2D eigenvalue weighted by Crippen LogP contribution is -1.97. The lowest BCUT2D eigenvalue weighted by Gasteiger charge is -1.98. The number of nitrogens with zero attached hydrogens (tertiary/aromatic N) is 2. The summed E-state index contributed by atoms with van der Waals surface area (Å²) in [6.45, 7) is -0.898. The minimum Gasteiger partial charge on any atom is -0.358 e. The molecule has 0 fully saturated rings. The van der Waals surface area contributed by atoms with E-state index in [-0.39, 0.29) is 5.56 Å². The highest BCUT2D eigenvalue weighted by Crippen LogP contribution is 2.24. The van der Waals surface area contributed by atoms with Crippen molar-refractivity contribution in [3.05, 3.63) is 32.4 Å². The first kappa shape index (κ1) is 9.05. The first-order valence-electron chi connectivity index (χ1n) is 3.00. The molecule has 4 nitrogen and oxygen atoms in total. The molecule has 0 unspecified atom stereocenters. The average molecular weight is 235 g/mol. The number of hydrogen-bond acceptors (Lipinski definition) is 3. The summed E-state index contributed by atoms with van der Waals surface area (Å²) in [5.74, 6) is -0.438. The summed E-state index contributed by atoms with van der Waals surface area (Å²) in [7, 11) is 0. The molecule has 12 heavy (non-hydrogen) atoms. The van der Waals surface area contributed by atoms with Crippen LogP contribution in [0.25, 0.3) is 0 Å². The zero-order valence-corrected chi connectivity index (χ0v) is 7.41. The third-order valence-corrected chi connectivity index (χ3v) is 2.03. The molecule has 0 N–H and O–H groups in total. The lowest BCUT2D eigenvalue weighted by atomic mass is 10.3. The second kappa shape index (κ2) is 3.57. The van der Waals surface area contributed by atoms with Crippen molar-refractivity contribution in [1.82, 2.24) is 4.98 Å². The van der Waals surface area contributed by atoms with Crippen LogP contribution in [0, 0.1) is 10.1 Å². The van der Waals surface area contributed by atoms with Crippen LogP contribution in [0.2, 0.25) is 0 Å². The second-order valence-corrected chi connectivity index (χ2v) is 2.84. The number of aromatic nitrogens is 1. The van der Waals surface area contributed by atoms with Crippen LogP contribution in [0.5, 0.6) is 0 Å². The van der Waals surface area contributed by atoms with E-state index in [1.807, 2.05) is 0 Å². The van der Waals surface area contributed by atoms with Crippen LogP contribution in [-0.2, 0) is 6.67 Å². The van der Waals surface area contributed by atoms with Crippen LogP contribution in [0.15, 0.2) is 16.7 Å². The monoisotopic (exact) mass is 234 g/mol. The van der Waals surface area contributed by atoms with Crippen molar-refractivity contribution in [2.45, 2.75) is 6.67 Å². The molecule has 0 aliphatic heterocycles. The van der Waals surface area contributed by atoms with Gasteiger partial charge in [-0.1, -0.05) is 0 Å². The van der Waals surface area contributed by atoms with E-state index in [0.717, 1.165) is 0 Å². The Balaban J connectivity index is 3.27. The predicted molar refractivity (Wildman–Crippen MR) is 43.4 cm³/mol. The van der Waals surface area contributed by atoms with Gasteiger partial charge in [0, 0.05) is 4.47 Å². The van der Waals surface area contributed by atoms with Gasteiger partial charge in [-0.25, -0.2) is 4.39 Å². The normalized spacial score (nSPS) is 9.83. The Bertz CT molecular complexity index is 318. The zero-order valence-electron chi connectivity index (χ0n) is 5.83. The maximum absolute atomic E-state index is 12.2. The summed E-state index contributed by atoms with van der Waals surface area (Å²) < 4.78 is 12.6. The molecule has 1 aromatic heterocycles. The molecule has 0 amide bonds. The van der Waals surface area contributed by atoms with Gasteiger partial charge in [0.1, 0.15) is 12.9 Å². The van der Waals surface area contributed by atoms with Crippen molar-refractivity contribution < 1.29 is 9.31 Å². The predicted octanol–water partition coefficient (Wildman–Crippen LogP) is 2.22. The largest absolute Gasteiger partial charge is 0.370 e. The summed E-state index contributed by atoms with van der Waals surface area (Å²) in [6, 6.07) is 1.46. The standard InChI is InChI=1S/C6H4BrFN2O2/c7-5-1-2-9-6(10(11)12)4(5)3-8/h1-2H,3H2. The molecule has 1 rings (SSSR count). The van der Waals surface area contributed by atoms with Gasteiger partial charge in [-0.2, -0.15) is 0 Å². The van der Waals surface area contributed by atoms with Crippen LogP contribution in [0.3, 0.4) is 0 Å². The summed E-state index contributed by atoms with van der Waals surface area (Å²) >= 11 is 2.99. The van der Waals surface area contributed by atoms with Crippen molar-refractivity contribution in [2.24, 2.45) is 0 Å². The molecule has 0 spiro atoms. The molecule has 0 aliphatic carbocycles. The molecule has 0 bridgehead atoms. The Morgan fingerprint density at radius 1 is 1.75 bits per heavy atom. The van der Waals surface area contributed by atoms with E-state index in [1.165, 1.54) is 12.3 Å². The highest BCUT2D eigenvalue weighted by atomic mass is 79.9. The van der Waals surface area contributed by atoms with Gasteiger partial charge in [0.15, 0.2) is 0 Å². The fourth-order valence-corrected chi connectivity index (χ4v) is 1.14. The van der Waals surface area contributed by atoms with E-state index in [4.69, 9.17) is 0 Å². The van der Waals surface area contributed by atoms with E-state index in [1.54, 1.807) is 0 Å². The Morgan fingerprint density at radius 3 is 2.83 bits per heavy atom. The van der Waals surface area contributed by atoms with Crippen molar-refractivity contribution in [2.75, 3.05) is 0 Å². The molecule has 0 aromatic carbocycles.